The molecule has 0 aromatic heterocycles. The molecule has 0 fully saturated rings. The van der Waals surface area contributed by atoms with Crippen LogP contribution in [0.2, 0.25) is 0 Å². The predicted molar refractivity (Wildman–Crippen MR) is 61.3 cm³/mol. The summed E-state index contributed by atoms with van der Waals surface area (Å²) < 4.78 is 0. The van der Waals surface area contributed by atoms with Gasteiger partial charge in [-0.05, 0) is 48.9 Å². The van der Waals surface area contributed by atoms with Gasteiger partial charge in [0.2, 0.25) is 0 Å². The van der Waals surface area contributed by atoms with Gasteiger partial charge in [-0.15, -0.1) is 0 Å². The van der Waals surface area contributed by atoms with Gasteiger partial charge in [0.15, 0.2) is 0 Å². The molecule has 1 rings (SSSR count). The number of hydrogen-bond donors (Lipinski definition) is 1. The number of aryl methyl sites for hydroxylation is 3. The Morgan fingerprint density at radius 1 is 1.20 bits per heavy atom. The third kappa shape index (κ3) is 2.82. The van der Waals surface area contributed by atoms with Crippen LogP contribution < -0.4 is 0 Å². The first-order valence-corrected chi connectivity index (χ1v) is 5.21. The van der Waals surface area contributed by atoms with Crippen LogP contribution in [0.1, 0.15) is 41.5 Å². The predicted octanol–water partition coefficient (Wildman–Crippen LogP) is 3.19. The second kappa shape index (κ2) is 4.47. The number of aliphatic carboxylic acids is 1. The van der Waals surface area contributed by atoms with Gasteiger partial charge in [0.1, 0.15) is 0 Å². The molecular weight excluding hydrogens is 188 g/mol. The zero-order valence-corrected chi connectivity index (χ0v) is 9.79. The molecule has 0 aliphatic heterocycles. The van der Waals surface area contributed by atoms with Crippen molar-refractivity contribution in [3.05, 3.63) is 34.4 Å². The number of benzene rings is 1. The van der Waals surface area contributed by atoms with Gasteiger partial charge < -0.3 is 5.11 Å². The zero-order chi connectivity index (χ0) is 11.6. The van der Waals surface area contributed by atoms with Gasteiger partial charge in [0, 0.05) is 0 Å². The standard InChI is InChI=1S/C13H18O2/c1-8-5-10(3)12(6-9(8)2)11(4)7-13(14)15/h5-6,11H,7H2,1-4H3,(H,14,15)/t11-/m0/s1. The summed E-state index contributed by atoms with van der Waals surface area (Å²) in [6.45, 7) is 8.14. The Morgan fingerprint density at radius 3 is 2.27 bits per heavy atom. The van der Waals surface area contributed by atoms with Crippen LogP contribution >= 0.6 is 0 Å². The van der Waals surface area contributed by atoms with Crippen LogP contribution in [0.25, 0.3) is 0 Å². The van der Waals surface area contributed by atoms with Crippen LogP contribution in [0.5, 0.6) is 0 Å². The maximum absolute atomic E-state index is 10.6. The van der Waals surface area contributed by atoms with Crippen LogP contribution in [0.4, 0.5) is 0 Å². The molecule has 82 valence electrons. The minimum Gasteiger partial charge on any atom is -0.481 e. The molecular formula is C13H18O2. The average Bonchev–Trinajstić information content (AvgIpc) is 2.09. The Balaban J connectivity index is 3.03. The molecule has 0 amide bonds. The highest BCUT2D eigenvalue weighted by Crippen LogP contribution is 2.25. The SMILES string of the molecule is Cc1cc(C)c([C@@H](C)CC(=O)O)cc1C. The van der Waals surface area contributed by atoms with Crippen molar-refractivity contribution in [3.8, 4) is 0 Å². The second-order valence-electron chi connectivity index (χ2n) is 4.29. The molecule has 0 bridgehead atoms. The maximum atomic E-state index is 10.6. The summed E-state index contributed by atoms with van der Waals surface area (Å²) in [7, 11) is 0. The van der Waals surface area contributed by atoms with Gasteiger partial charge in [0.25, 0.3) is 0 Å². The molecule has 1 N–H and O–H groups in total. The number of carboxylic acid groups (broad SMARTS) is 1. The van der Waals surface area contributed by atoms with Crippen molar-refractivity contribution in [1.82, 2.24) is 0 Å². The molecule has 0 heterocycles. The lowest BCUT2D eigenvalue weighted by molar-refractivity contribution is -0.137. The Kier molecular flexibility index (Phi) is 3.51. The third-order valence-electron chi connectivity index (χ3n) is 2.89. The largest absolute Gasteiger partial charge is 0.481 e. The topological polar surface area (TPSA) is 37.3 Å². The van der Waals surface area contributed by atoms with Gasteiger partial charge >= 0.3 is 5.97 Å². The minimum absolute atomic E-state index is 0.0850. The molecule has 0 aliphatic carbocycles. The Bertz CT molecular complexity index is 380. The monoisotopic (exact) mass is 206 g/mol. The van der Waals surface area contributed by atoms with Crippen molar-refractivity contribution in [2.75, 3.05) is 0 Å². The molecule has 0 unspecified atom stereocenters. The van der Waals surface area contributed by atoms with E-state index in [-0.39, 0.29) is 12.3 Å². The first-order valence-electron chi connectivity index (χ1n) is 5.21. The smallest absolute Gasteiger partial charge is 0.303 e. The molecule has 2 nitrogen and oxygen atoms in total. The summed E-state index contributed by atoms with van der Waals surface area (Å²) >= 11 is 0. The van der Waals surface area contributed by atoms with E-state index >= 15 is 0 Å². The third-order valence-corrected chi connectivity index (χ3v) is 2.89. The zero-order valence-electron chi connectivity index (χ0n) is 9.79. The van der Waals surface area contributed by atoms with Gasteiger partial charge in [0.05, 0.1) is 6.42 Å². The lowest BCUT2D eigenvalue weighted by Crippen LogP contribution is -2.05. The van der Waals surface area contributed by atoms with Crippen LogP contribution in [0.15, 0.2) is 12.1 Å². The van der Waals surface area contributed by atoms with Gasteiger partial charge in [-0.1, -0.05) is 19.1 Å². The molecule has 1 aromatic rings. The van der Waals surface area contributed by atoms with Crippen molar-refractivity contribution in [2.45, 2.75) is 40.0 Å². The van der Waals surface area contributed by atoms with E-state index in [4.69, 9.17) is 5.11 Å². The summed E-state index contributed by atoms with van der Waals surface area (Å²) in [5.74, 6) is -0.651. The van der Waals surface area contributed by atoms with E-state index < -0.39 is 5.97 Å². The van der Waals surface area contributed by atoms with Crippen LogP contribution in [0.3, 0.4) is 0 Å². The lowest BCUT2D eigenvalue weighted by Gasteiger charge is -2.15. The molecule has 0 aliphatic rings. The van der Waals surface area contributed by atoms with Crippen molar-refractivity contribution >= 4 is 5.97 Å². The van der Waals surface area contributed by atoms with Crippen molar-refractivity contribution in [2.24, 2.45) is 0 Å². The fourth-order valence-electron chi connectivity index (χ4n) is 1.89. The van der Waals surface area contributed by atoms with Crippen molar-refractivity contribution < 1.29 is 9.90 Å². The van der Waals surface area contributed by atoms with Gasteiger partial charge in [-0.25, -0.2) is 0 Å². The van der Waals surface area contributed by atoms with E-state index in [1.54, 1.807) is 0 Å². The van der Waals surface area contributed by atoms with Gasteiger partial charge in [-0.2, -0.15) is 0 Å². The summed E-state index contributed by atoms with van der Waals surface area (Å²) in [4.78, 5) is 10.6. The first kappa shape index (κ1) is 11.8. The number of rotatable bonds is 3. The molecule has 15 heavy (non-hydrogen) atoms. The van der Waals surface area contributed by atoms with E-state index in [0.717, 1.165) is 5.56 Å². The molecule has 0 saturated heterocycles. The second-order valence-corrected chi connectivity index (χ2v) is 4.29. The van der Waals surface area contributed by atoms with E-state index in [9.17, 15) is 4.79 Å². The fourth-order valence-corrected chi connectivity index (χ4v) is 1.89. The fraction of sp³-hybridized carbons (Fsp3) is 0.462. The van der Waals surface area contributed by atoms with Gasteiger partial charge in [-0.3, -0.25) is 4.79 Å². The normalized spacial score (nSPS) is 12.5. The summed E-state index contributed by atoms with van der Waals surface area (Å²) in [6, 6.07) is 4.24. The van der Waals surface area contributed by atoms with Crippen LogP contribution in [0, 0.1) is 20.8 Å². The highest BCUT2D eigenvalue weighted by Gasteiger charge is 2.13. The van der Waals surface area contributed by atoms with E-state index in [1.165, 1.54) is 16.7 Å². The molecule has 0 saturated carbocycles. The van der Waals surface area contributed by atoms with E-state index in [0.29, 0.717) is 0 Å². The summed E-state index contributed by atoms with van der Waals surface area (Å²) in [5.41, 5.74) is 4.83. The maximum Gasteiger partial charge on any atom is 0.303 e. The molecule has 1 atom stereocenters. The molecule has 0 spiro atoms. The Hall–Kier alpha value is -1.31. The number of carbonyl (C=O) groups is 1. The van der Waals surface area contributed by atoms with E-state index in [1.807, 2.05) is 13.8 Å². The molecule has 0 radical (unpaired) electrons. The molecule has 2 heteroatoms. The van der Waals surface area contributed by atoms with Crippen molar-refractivity contribution in [1.29, 1.82) is 0 Å². The average molecular weight is 206 g/mol. The van der Waals surface area contributed by atoms with E-state index in [2.05, 4.69) is 26.0 Å². The summed E-state index contributed by atoms with van der Waals surface area (Å²) in [6.07, 6.45) is 0.198. The highest BCUT2D eigenvalue weighted by molar-refractivity contribution is 5.68. The molecule has 1 aromatic carbocycles. The van der Waals surface area contributed by atoms with Crippen LogP contribution in [-0.2, 0) is 4.79 Å². The minimum atomic E-state index is -0.736. The number of hydrogen-bond acceptors (Lipinski definition) is 1. The van der Waals surface area contributed by atoms with Crippen molar-refractivity contribution in [3.63, 3.8) is 0 Å². The quantitative estimate of drug-likeness (QED) is 0.824. The van der Waals surface area contributed by atoms with Crippen LogP contribution in [-0.4, -0.2) is 11.1 Å². The first-order chi connectivity index (χ1) is 6.91. The highest BCUT2D eigenvalue weighted by atomic mass is 16.4. The lowest BCUT2D eigenvalue weighted by atomic mass is 9.90. The summed E-state index contributed by atoms with van der Waals surface area (Å²) in [5, 5.41) is 8.76. The Morgan fingerprint density at radius 2 is 1.73 bits per heavy atom. The Labute approximate surface area is 90.9 Å². The number of carboxylic acids is 1.